The van der Waals surface area contributed by atoms with E-state index in [2.05, 4.69) is 30.9 Å². The van der Waals surface area contributed by atoms with Crippen LogP contribution in [0.1, 0.15) is 129 Å². The van der Waals surface area contributed by atoms with Crippen molar-refractivity contribution in [3.63, 3.8) is 0 Å². The molecule has 0 aromatic carbocycles. The first-order valence-electron chi connectivity index (χ1n) is 13.1. The fraction of sp³-hybridized carbons (Fsp3) is 0.889. The lowest BCUT2D eigenvalue weighted by Crippen LogP contribution is -2.24. The minimum Gasteiger partial charge on any atom is -0.352 e. The monoisotopic (exact) mass is 422 g/mol. The summed E-state index contributed by atoms with van der Waals surface area (Å²) in [5.41, 5.74) is 0.604. The van der Waals surface area contributed by atoms with Crippen LogP contribution in [0, 0.1) is 0 Å². The van der Waals surface area contributed by atoms with E-state index in [0.29, 0.717) is 5.57 Å². The average molecular weight is 423 g/mol. The number of hydrogen-bond acceptors (Lipinski definition) is 2. The van der Waals surface area contributed by atoms with Gasteiger partial charge in [0.1, 0.15) is 0 Å². The van der Waals surface area contributed by atoms with Crippen LogP contribution in [0.5, 0.6) is 0 Å². The normalized spacial score (nSPS) is 11.2. The van der Waals surface area contributed by atoms with Crippen LogP contribution in [0.4, 0.5) is 0 Å². The minimum atomic E-state index is -0.00310. The second kappa shape index (κ2) is 22.8. The molecule has 0 saturated heterocycles. The molecule has 0 unspecified atom stereocenters. The van der Waals surface area contributed by atoms with Crippen molar-refractivity contribution in [3.8, 4) is 0 Å². The van der Waals surface area contributed by atoms with Crippen LogP contribution in [0.3, 0.4) is 0 Å². The second-order valence-electron chi connectivity index (χ2n) is 9.56. The Bertz CT molecular complexity index is 392. The van der Waals surface area contributed by atoms with Crippen LogP contribution in [0.25, 0.3) is 0 Å². The molecule has 1 amide bonds. The van der Waals surface area contributed by atoms with Crippen LogP contribution >= 0.6 is 0 Å². The number of unbranched alkanes of at least 4 members (excludes halogenated alkanes) is 18. The van der Waals surface area contributed by atoms with Gasteiger partial charge in [-0.15, -0.1) is 0 Å². The van der Waals surface area contributed by atoms with Crippen LogP contribution in [0.15, 0.2) is 12.2 Å². The van der Waals surface area contributed by atoms with Gasteiger partial charge in [-0.05, 0) is 40.4 Å². The lowest BCUT2D eigenvalue weighted by molar-refractivity contribution is -0.117. The fourth-order valence-electron chi connectivity index (χ4n) is 3.91. The van der Waals surface area contributed by atoms with E-state index in [1.54, 1.807) is 6.92 Å². The topological polar surface area (TPSA) is 32.3 Å². The van der Waals surface area contributed by atoms with E-state index in [4.69, 9.17) is 0 Å². The molecule has 178 valence electrons. The van der Waals surface area contributed by atoms with Crippen molar-refractivity contribution in [3.05, 3.63) is 12.2 Å². The first kappa shape index (κ1) is 29.2. The lowest BCUT2D eigenvalue weighted by Gasteiger charge is -2.08. The molecular weight excluding hydrogens is 368 g/mol. The molecule has 0 atom stereocenters. The van der Waals surface area contributed by atoms with Gasteiger partial charge >= 0.3 is 0 Å². The fourth-order valence-corrected chi connectivity index (χ4v) is 3.91. The summed E-state index contributed by atoms with van der Waals surface area (Å²) < 4.78 is 0. The number of carbonyl (C=O) groups is 1. The maximum absolute atomic E-state index is 11.3. The summed E-state index contributed by atoms with van der Waals surface area (Å²) in [6.45, 7) is 7.45. The molecular formula is C27H54N2O. The van der Waals surface area contributed by atoms with Crippen molar-refractivity contribution in [1.82, 2.24) is 10.2 Å². The van der Waals surface area contributed by atoms with Crippen molar-refractivity contribution in [2.24, 2.45) is 0 Å². The Morgan fingerprint density at radius 1 is 0.600 bits per heavy atom. The molecule has 0 aliphatic carbocycles. The quantitative estimate of drug-likeness (QED) is 0.135. The van der Waals surface area contributed by atoms with E-state index < -0.39 is 0 Å². The van der Waals surface area contributed by atoms with Gasteiger partial charge < -0.3 is 10.2 Å². The Balaban J connectivity index is 3.07. The highest BCUT2D eigenvalue weighted by Crippen LogP contribution is 2.14. The molecule has 30 heavy (non-hydrogen) atoms. The Morgan fingerprint density at radius 3 is 1.20 bits per heavy atom. The largest absolute Gasteiger partial charge is 0.352 e. The minimum absolute atomic E-state index is 0.00310. The molecule has 0 saturated carbocycles. The molecule has 0 rings (SSSR count). The van der Waals surface area contributed by atoms with Crippen molar-refractivity contribution in [2.45, 2.75) is 129 Å². The molecule has 0 aromatic heterocycles. The molecule has 0 aromatic rings. The Labute approximate surface area is 189 Å². The highest BCUT2D eigenvalue weighted by Gasteiger charge is 1.99. The zero-order chi connectivity index (χ0) is 22.3. The highest BCUT2D eigenvalue weighted by molar-refractivity contribution is 5.91. The van der Waals surface area contributed by atoms with Crippen molar-refractivity contribution >= 4 is 5.91 Å². The van der Waals surface area contributed by atoms with Crippen molar-refractivity contribution < 1.29 is 4.79 Å². The number of carbonyl (C=O) groups excluding carboxylic acids is 1. The summed E-state index contributed by atoms with van der Waals surface area (Å²) in [5, 5.41) is 2.90. The first-order valence-corrected chi connectivity index (χ1v) is 13.1. The predicted molar refractivity (Wildman–Crippen MR) is 134 cm³/mol. The lowest BCUT2D eigenvalue weighted by atomic mass is 10.0. The van der Waals surface area contributed by atoms with Gasteiger partial charge in [-0.1, -0.05) is 116 Å². The SMILES string of the molecule is C=C(C)C(=O)NCCCCCCCCCCCCCCCCCCCCCN(C)C. The molecule has 0 fully saturated rings. The third kappa shape index (κ3) is 23.4. The van der Waals surface area contributed by atoms with Gasteiger partial charge in [0.15, 0.2) is 0 Å². The summed E-state index contributed by atoms with van der Waals surface area (Å²) in [6, 6.07) is 0. The molecule has 0 bridgehead atoms. The van der Waals surface area contributed by atoms with Gasteiger partial charge in [0.05, 0.1) is 0 Å². The number of nitrogens with one attached hydrogen (secondary N) is 1. The van der Waals surface area contributed by atoms with E-state index >= 15 is 0 Å². The molecule has 0 aliphatic heterocycles. The smallest absolute Gasteiger partial charge is 0.246 e. The van der Waals surface area contributed by atoms with Gasteiger partial charge in [0.2, 0.25) is 5.91 Å². The number of hydrogen-bond donors (Lipinski definition) is 1. The molecule has 3 nitrogen and oxygen atoms in total. The molecule has 3 heteroatoms. The third-order valence-electron chi connectivity index (χ3n) is 5.96. The zero-order valence-corrected chi connectivity index (χ0v) is 20.9. The summed E-state index contributed by atoms with van der Waals surface area (Å²) in [4.78, 5) is 13.6. The Morgan fingerprint density at radius 2 is 0.900 bits per heavy atom. The standard InChI is InChI=1S/C27H54N2O/c1-26(2)27(30)28-24-22-20-18-16-14-12-10-8-6-5-7-9-11-13-15-17-19-21-23-25-29(3)4/h1,5-25H2,2-4H3,(H,28,30). The molecule has 1 N–H and O–H groups in total. The second-order valence-corrected chi connectivity index (χ2v) is 9.56. The first-order chi connectivity index (χ1) is 14.5. The van der Waals surface area contributed by atoms with E-state index in [9.17, 15) is 4.79 Å². The van der Waals surface area contributed by atoms with E-state index in [1.165, 1.54) is 122 Å². The van der Waals surface area contributed by atoms with Gasteiger partial charge in [0, 0.05) is 12.1 Å². The molecule has 0 heterocycles. The number of nitrogens with zero attached hydrogens (tertiary/aromatic N) is 1. The van der Waals surface area contributed by atoms with Crippen LogP contribution < -0.4 is 5.32 Å². The van der Waals surface area contributed by atoms with E-state index in [0.717, 1.165) is 13.0 Å². The Kier molecular flexibility index (Phi) is 22.2. The maximum atomic E-state index is 11.3. The van der Waals surface area contributed by atoms with Gasteiger partial charge in [-0.3, -0.25) is 4.79 Å². The van der Waals surface area contributed by atoms with Gasteiger partial charge in [-0.2, -0.15) is 0 Å². The zero-order valence-electron chi connectivity index (χ0n) is 20.9. The van der Waals surface area contributed by atoms with Crippen LogP contribution in [-0.2, 0) is 4.79 Å². The van der Waals surface area contributed by atoms with Gasteiger partial charge in [0.25, 0.3) is 0 Å². The van der Waals surface area contributed by atoms with E-state index in [1.807, 2.05) is 0 Å². The summed E-state index contributed by atoms with van der Waals surface area (Å²) >= 11 is 0. The Hall–Kier alpha value is -0.830. The molecule has 0 spiro atoms. The van der Waals surface area contributed by atoms with Crippen LogP contribution in [0.2, 0.25) is 0 Å². The highest BCUT2D eigenvalue weighted by atomic mass is 16.1. The third-order valence-corrected chi connectivity index (χ3v) is 5.96. The average Bonchev–Trinajstić information content (AvgIpc) is 2.71. The molecule has 0 aliphatic rings. The summed E-state index contributed by atoms with van der Waals surface area (Å²) in [6.07, 6.45) is 26.4. The van der Waals surface area contributed by atoms with E-state index in [-0.39, 0.29) is 5.91 Å². The maximum Gasteiger partial charge on any atom is 0.246 e. The van der Waals surface area contributed by atoms with Crippen LogP contribution in [-0.4, -0.2) is 38.0 Å². The summed E-state index contributed by atoms with van der Waals surface area (Å²) in [7, 11) is 4.34. The van der Waals surface area contributed by atoms with Crippen molar-refractivity contribution in [2.75, 3.05) is 27.2 Å². The number of rotatable bonds is 23. The predicted octanol–water partition coefficient (Wildman–Crippen LogP) is 7.65. The van der Waals surface area contributed by atoms with Crippen molar-refractivity contribution in [1.29, 1.82) is 0 Å². The van der Waals surface area contributed by atoms with Gasteiger partial charge in [-0.25, -0.2) is 0 Å². The number of amides is 1. The molecule has 0 radical (unpaired) electrons. The summed E-state index contributed by atoms with van der Waals surface area (Å²) in [5.74, 6) is -0.00310.